The van der Waals surface area contributed by atoms with Gasteiger partial charge in [0.15, 0.2) is 0 Å². The first-order valence-electron chi connectivity index (χ1n) is 5.62. The zero-order valence-electron chi connectivity index (χ0n) is 10.6. The number of thioether (sulfide) groups is 1. The van der Waals surface area contributed by atoms with Crippen LogP contribution in [0.2, 0.25) is 0 Å². The maximum Gasteiger partial charge on any atom is 0.326 e. The highest BCUT2D eigenvalue weighted by atomic mass is 32.2. The molecule has 0 rings (SSSR count). The van der Waals surface area contributed by atoms with Gasteiger partial charge in [0.1, 0.15) is 6.04 Å². The summed E-state index contributed by atoms with van der Waals surface area (Å²) in [6.45, 7) is 2.08. The summed E-state index contributed by atoms with van der Waals surface area (Å²) in [6, 6.07) is -1.41. The predicted octanol–water partition coefficient (Wildman–Crippen LogP) is 0.261. The molecule has 3 N–H and O–H groups in total. The Morgan fingerprint density at radius 2 is 2.11 bits per heavy atom. The van der Waals surface area contributed by atoms with Crippen molar-refractivity contribution in [3.63, 3.8) is 0 Å². The van der Waals surface area contributed by atoms with Crippen LogP contribution in [0.5, 0.6) is 0 Å². The van der Waals surface area contributed by atoms with Gasteiger partial charge in [-0.25, -0.2) is 9.59 Å². The third-order valence-corrected chi connectivity index (χ3v) is 4.10. The van der Waals surface area contributed by atoms with Gasteiger partial charge in [-0.05, 0) is 18.4 Å². The quantitative estimate of drug-likeness (QED) is 0.567. The zero-order chi connectivity index (χ0) is 14.0. The first-order chi connectivity index (χ1) is 8.51. The highest BCUT2D eigenvalue weighted by Crippen LogP contribution is 2.00. The summed E-state index contributed by atoms with van der Waals surface area (Å²) in [4.78, 5) is 22.3. The van der Waals surface area contributed by atoms with Crippen molar-refractivity contribution in [3.05, 3.63) is 0 Å². The molecule has 0 aliphatic carbocycles. The van der Waals surface area contributed by atoms with Crippen molar-refractivity contribution in [2.45, 2.75) is 19.4 Å². The first kappa shape index (κ1) is 17.2. The fourth-order valence-corrected chi connectivity index (χ4v) is 2.21. The van der Waals surface area contributed by atoms with Crippen LogP contribution in [-0.2, 0) is 15.6 Å². The van der Waals surface area contributed by atoms with Crippen LogP contribution in [0.15, 0.2) is 0 Å². The zero-order valence-corrected chi connectivity index (χ0v) is 12.2. The number of hydrogen-bond acceptors (Lipinski definition) is 4. The number of urea groups is 1. The van der Waals surface area contributed by atoms with E-state index in [0.717, 1.165) is 0 Å². The van der Waals surface area contributed by atoms with Crippen molar-refractivity contribution >= 4 is 34.6 Å². The molecule has 2 amide bonds. The Labute approximate surface area is 114 Å². The van der Waals surface area contributed by atoms with Crippen LogP contribution in [0.3, 0.4) is 0 Å². The second kappa shape index (κ2) is 10.2. The molecular weight excluding hydrogens is 276 g/mol. The van der Waals surface area contributed by atoms with E-state index < -0.39 is 28.8 Å². The highest BCUT2D eigenvalue weighted by molar-refractivity contribution is 7.98. The minimum atomic E-state index is -1.05. The van der Waals surface area contributed by atoms with Crippen LogP contribution < -0.4 is 10.6 Å². The average Bonchev–Trinajstić information content (AvgIpc) is 2.33. The molecule has 8 heteroatoms. The van der Waals surface area contributed by atoms with E-state index >= 15 is 0 Å². The van der Waals surface area contributed by atoms with E-state index in [1.165, 1.54) is 11.8 Å². The lowest BCUT2D eigenvalue weighted by atomic mass is 10.2. The number of nitrogens with one attached hydrogen (secondary N) is 2. The Balaban J connectivity index is 3.94. The molecule has 2 atom stereocenters. The Kier molecular flexibility index (Phi) is 9.76. The smallest absolute Gasteiger partial charge is 0.326 e. The van der Waals surface area contributed by atoms with Crippen LogP contribution in [0, 0.1) is 0 Å². The molecule has 0 spiro atoms. The normalized spacial score (nSPS) is 13.7. The summed E-state index contributed by atoms with van der Waals surface area (Å²) in [7, 11) is -0.932. The monoisotopic (exact) mass is 296 g/mol. The molecule has 0 radical (unpaired) electrons. The second-order valence-corrected chi connectivity index (χ2v) is 6.36. The third-order valence-electron chi connectivity index (χ3n) is 2.15. The Hall–Kier alpha value is -0.760. The molecule has 0 aromatic carbocycles. The lowest BCUT2D eigenvalue weighted by Gasteiger charge is -2.14. The molecule has 2 unspecified atom stereocenters. The van der Waals surface area contributed by atoms with Gasteiger partial charge in [0, 0.05) is 28.9 Å². The average molecular weight is 296 g/mol. The predicted molar refractivity (Wildman–Crippen MR) is 74.5 cm³/mol. The number of aliphatic carboxylic acids is 1. The Morgan fingerprint density at radius 1 is 1.44 bits per heavy atom. The number of hydrogen-bond donors (Lipinski definition) is 3. The van der Waals surface area contributed by atoms with Gasteiger partial charge in [-0.3, -0.25) is 4.21 Å². The molecule has 0 aliphatic rings. The van der Waals surface area contributed by atoms with E-state index in [0.29, 0.717) is 23.7 Å². The van der Waals surface area contributed by atoms with Crippen molar-refractivity contribution in [1.82, 2.24) is 10.6 Å². The van der Waals surface area contributed by atoms with Gasteiger partial charge in [-0.15, -0.1) is 0 Å². The van der Waals surface area contributed by atoms with Crippen LogP contribution >= 0.6 is 11.8 Å². The largest absolute Gasteiger partial charge is 0.480 e. The number of rotatable bonds is 9. The summed E-state index contributed by atoms with van der Waals surface area (Å²) in [5.74, 6) is 0.551. The molecule has 0 aromatic rings. The van der Waals surface area contributed by atoms with Gasteiger partial charge in [0.2, 0.25) is 0 Å². The fraction of sp³-hybridized carbons (Fsp3) is 0.800. The number of carboxylic acids is 1. The van der Waals surface area contributed by atoms with Gasteiger partial charge < -0.3 is 15.7 Å². The summed E-state index contributed by atoms with van der Waals surface area (Å²) in [5.41, 5.74) is 0. The van der Waals surface area contributed by atoms with Crippen molar-refractivity contribution in [2.24, 2.45) is 0 Å². The van der Waals surface area contributed by atoms with Crippen molar-refractivity contribution in [3.8, 4) is 0 Å². The third kappa shape index (κ3) is 8.35. The highest BCUT2D eigenvalue weighted by Gasteiger charge is 2.18. The molecular formula is C10H20N2O4S2. The molecule has 0 saturated carbocycles. The van der Waals surface area contributed by atoms with Crippen LogP contribution in [0.1, 0.15) is 13.3 Å². The maximum absolute atomic E-state index is 11.4. The lowest BCUT2D eigenvalue weighted by Crippen LogP contribution is -2.47. The number of amides is 2. The summed E-state index contributed by atoms with van der Waals surface area (Å²) in [6.07, 6.45) is 2.25. The molecule has 0 aromatic heterocycles. The van der Waals surface area contributed by atoms with E-state index in [1.807, 2.05) is 6.26 Å². The molecule has 0 fully saturated rings. The van der Waals surface area contributed by atoms with E-state index in [-0.39, 0.29) is 6.54 Å². The minimum Gasteiger partial charge on any atom is -0.480 e. The molecule has 18 heavy (non-hydrogen) atoms. The van der Waals surface area contributed by atoms with Gasteiger partial charge in [0.25, 0.3) is 0 Å². The molecule has 0 bridgehead atoms. The molecule has 0 saturated heterocycles. The van der Waals surface area contributed by atoms with Crippen LogP contribution in [0.4, 0.5) is 4.79 Å². The minimum absolute atomic E-state index is 0.279. The van der Waals surface area contributed by atoms with Crippen molar-refractivity contribution in [2.75, 3.05) is 30.1 Å². The Morgan fingerprint density at radius 3 is 2.61 bits per heavy atom. The lowest BCUT2D eigenvalue weighted by molar-refractivity contribution is -0.139. The van der Waals surface area contributed by atoms with E-state index in [4.69, 9.17) is 5.11 Å². The Bertz CT molecular complexity index is 300. The van der Waals surface area contributed by atoms with Gasteiger partial charge >= 0.3 is 12.0 Å². The summed E-state index contributed by atoms with van der Waals surface area (Å²) < 4.78 is 11.1. The fourth-order valence-electron chi connectivity index (χ4n) is 1.13. The van der Waals surface area contributed by atoms with Crippen LogP contribution in [-0.4, -0.2) is 57.4 Å². The van der Waals surface area contributed by atoms with Crippen LogP contribution in [0.25, 0.3) is 0 Å². The van der Waals surface area contributed by atoms with Gasteiger partial charge in [-0.1, -0.05) is 6.92 Å². The molecule has 0 aliphatic heterocycles. The van der Waals surface area contributed by atoms with E-state index in [1.54, 1.807) is 6.92 Å². The van der Waals surface area contributed by atoms with Crippen molar-refractivity contribution < 1.29 is 18.9 Å². The number of carboxylic acid groups (broad SMARTS) is 1. The van der Waals surface area contributed by atoms with E-state index in [2.05, 4.69) is 10.6 Å². The number of carbonyl (C=O) groups is 2. The summed E-state index contributed by atoms with van der Waals surface area (Å²) in [5, 5.41) is 13.8. The SMILES string of the molecule is CCS(=O)CCNC(=O)NC(CCSC)C(=O)O. The van der Waals surface area contributed by atoms with E-state index in [9.17, 15) is 13.8 Å². The van der Waals surface area contributed by atoms with Gasteiger partial charge in [-0.2, -0.15) is 11.8 Å². The molecule has 0 heterocycles. The second-order valence-electron chi connectivity index (χ2n) is 3.51. The molecule has 106 valence electrons. The standard InChI is InChI=1S/C10H20N2O4S2/c1-3-18(16)7-5-11-10(15)12-8(9(13)14)4-6-17-2/h8H,3-7H2,1-2H3,(H,13,14)(H2,11,12,15). The number of carbonyl (C=O) groups excluding carboxylic acids is 1. The van der Waals surface area contributed by atoms with Crippen molar-refractivity contribution in [1.29, 1.82) is 0 Å². The first-order valence-corrected chi connectivity index (χ1v) is 8.50. The maximum atomic E-state index is 11.4. The summed E-state index contributed by atoms with van der Waals surface area (Å²) >= 11 is 1.52. The topological polar surface area (TPSA) is 95.5 Å². The van der Waals surface area contributed by atoms with Gasteiger partial charge in [0.05, 0.1) is 0 Å². The molecule has 6 nitrogen and oxygen atoms in total.